The Morgan fingerprint density at radius 2 is 1.72 bits per heavy atom. The second-order valence-electron chi connectivity index (χ2n) is 8.51. The third kappa shape index (κ3) is 5.59. The maximum Gasteiger partial charge on any atom is 0.261 e. The van der Waals surface area contributed by atoms with Gasteiger partial charge in [0.15, 0.2) is 0 Å². The predicted octanol–water partition coefficient (Wildman–Crippen LogP) is 4.57. The number of nitrogens with one attached hydrogen (secondary N) is 2. The second kappa shape index (κ2) is 10.4. The molecule has 0 unspecified atom stereocenters. The van der Waals surface area contributed by atoms with Gasteiger partial charge in [0.05, 0.1) is 20.6 Å². The molecular formula is C25H25Cl2N5O3S. The number of hydrogen-bond donors (Lipinski definition) is 4. The molecule has 4 rings (SSSR count). The lowest BCUT2D eigenvalue weighted by Gasteiger charge is -2.30. The Balaban J connectivity index is 1.47. The van der Waals surface area contributed by atoms with E-state index in [1.165, 1.54) is 12.1 Å². The van der Waals surface area contributed by atoms with E-state index in [1.807, 2.05) is 12.1 Å². The van der Waals surface area contributed by atoms with E-state index in [4.69, 9.17) is 40.1 Å². The highest BCUT2D eigenvalue weighted by Crippen LogP contribution is 2.33. The molecular weight excluding hydrogens is 521 g/mol. The summed E-state index contributed by atoms with van der Waals surface area (Å²) in [6.45, 7) is 0.600. The first-order chi connectivity index (χ1) is 17.0. The number of sulfonamides is 1. The van der Waals surface area contributed by atoms with Crippen molar-refractivity contribution in [1.82, 2.24) is 0 Å². The van der Waals surface area contributed by atoms with Crippen molar-refractivity contribution in [2.75, 3.05) is 21.9 Å². The van der Waals surface area contributed by atoms with Crippen LogP contribution in [0.3, 0.4) is 0 Å². The topological polar surface area (TPSA) is 142 Å². The van der Waals surface area contributed by atoms with Crippen LogP contribution < -0.4 is 21.1 Å². The number of fused-ring (bicyclic) bond motifs is 1. The van der Waals surface area contributed by atoms with Gasteiger partial charge in [-0.1, -0.05) is 47.5 Å². The molecule has 3 aromatic carbocycles. The predicted molar refractivity (Wildman–Crippen MR) is 145 cm³/mol. The lowest BCUT2D eigenvalue weighted by Crippen LogP contribution is -2.35. The summed E-state index contributed by atoms with van der Waals surface area (Å²) in [5.74, 6) is -0.00338. The zero-order valence-electron chi connectivity index (χ0n) is 19.2. The van der Waals surface area contributed by atoms with Gasteiger partial charge in [0.2, 0.25) is 5.91 Å². The summed E-state index contributed by atoms with van der Waals surface area (Å²) in [5, 5.41) is 7.58. The van der Waals surface area contributed by atoms with Gasteiger partial charge in [0.1, 0.15) is 5.84 Å². The van der Waals surface area contributed by atoms with Crippen LogP contribution in [0, 0.1) is 5.41 Å². The number of aryl methyl sites for hydroxylation is 2. The number of nitrogen functional groups attached to an aromatic ring is 2. The third-order valence-electron chi connectivity index (χ3n) is 6.01. The number of nitrogens with two attached hydrogens (primary N) is 2. The van der Waals surface area contributed by atoms with Gasteiger partial charge < -0.3 is 16.4 Å². The number of hydrogen-bond acceptors (Lipinski definition) is 5. The zero-order chi connectivity index (χ0) is 26.0. The molecule has 0 aromatic heterocycles. The van der Waals surface area contributed by atoms with Gasteiger partial charge in [-0.2, -0.15) is 0 Å². The molecule has 188 valence electrons. The number of nitrogens with zero attached hydrogens (tertiary/aromatic N) is 1. The fraction of sp³-hybridized carbons (Fsp3) is 0.200. The van der Waals surface area contributed by atoms with Crippen LogP contribution in [-0.2, 0) is 27.7 Å². The molecule has 0 saturated heterocycles. The minimum absolute atomic E-state index is 0.00488. The Morgan fingerprint density at radius 1 is 1.06 bits per heavy atom. The number of benzene rings is 3. The minimum atomic E-state index is -3.96. The summed E-state index contributed by atoms with van der Waals surface area (Å²) < 4.78 is 28.3. The molecule has 0 aliphatic carbocycles. The first-order valence-electron chi connectivity index (χ1n) is 11.2. The van der Waals surface area contributed by atoms with Crippen molar-refractivity contribution in [3.05, 3.63) is 81.3 Å². The summed E-state index contributed by atoms with van der Waals surface area (Å²) in [5.41, 5.74) is 15.0. The van der Waals surface area contributed by atoms with Crippen molar-refractivity contribution in [3.63, 3.8) is 0 Å². The normalized spacial score (nSPS) is 13.2. The quantitative estimate of drug-likeness (QED) is 0.195. The highest BCUT2D eigenvalue weighted by molar-refractivity contribution is 7.92. The number of rotatable bonds is 7. The number of carbonyl (C=O) groups is 1. The SMILES string of the molecule is N=C(N)c1ccc(CCC(=O)N2CCCc3cc(NS(=O)(=O)c4cc(Cl)c(N)c(Cl)c4)ccc32)cc1. The van der Waals surface area contributed by atoms with E-state index in [0.717, 1.165) is 29.7 Å². The first kappa shape index (κ1) is 25.8. The molecule has 11 heteroatoms. The molecule has 1 amide bonds. The maximum atomic E-state index is 13.0. The maximum absolute atomic E-state index is 13.0. The van der Waals surface area contributed by atoms with E-state index in [1.54, 1.807) is 35.2 Å². The van der Waals surface area contributed by atoms with Crippen LogP contribution in [0.25, 0.3) is 0 Å². The first-order valence-corrected chi connectivity index (χ1v) is 13.4. The standard InChI is InChI=1S/C25H25Cl2N5O3S/c26-20-13-19(14-21(27)24(20)28)36(34,35)31-18-8-9-22-17(12-18)2-1-11-32(22)23(33)10-5-15-3-6-16(7-4-15)25(29)30/h3-4,6-9,12-14,31H,1-2,5,10-11,28H2,(H3,29,30). The minimum Gasteiger partial charge on any atom is -0.396 e. The van der Waals surface area contributed by atoms with Crippen LogP contribution in [0.4, 0.5) is 17.1 Å². The lowest BCUT2D eigenvalue weighted by atomic mass is 10.00. The number of amidine groups is 1. The number of amides is 1. The average Bonchev–Trinajstić information content (AvgIpc) is 2.85. The van der Waals surface area contributed by atoms with Gasteiger partial charge >= 0.3 is 0 Å². The van der Waals surface area contributed by atoms with Crippen molar-refractivity contribution in [2.24, 2.45) is 5.73 Å². The van der Waals surface area contributed by atoms with Crippen LogP contribution in [0.5, 0.6) is 0 Å². The van der Waals surface area contributed by atoms with E-state index >= 15 is 0 Å². The molecule has 0 bridgehead atoms. The average molecular weight is 546 g/mol. The number of anilines is 3. The fourth-order valence-electron chi connectivity index (χ4n) is 4.09. The summed E-state index contributed by atoms with van der Waals surface area (Å²) in [4.78, 5) is 14.7. The molecule has 1 heterocycles. The van der Waals surface area contributed by atoms with E-state index in [9.17, 15) is 13.2 Å². The molecule has 1 aliphatic heterocycles. The number of carbonyl (C=O) groups excluding carboxylic acids is 1. The van der Waals surface area contributed by atoms with Gasteiger partial charge in [-0.3, -0.25) is 14.9 Å². The van der Waals surface area contributed by atoms with Gasteiger partial charge in [0.25, 0.3) is 10.0 Å². The van der Waals surface area contributed by atoms with Gasteiger partial charge in [-0.25, -0.2) is 8.42 Å². The summed E-state index contributed by atoms with van der Waals surface area (Å²) in [6.07, 6.45) is 2.38. The molecule has 0 radical (unpaired) electrons. The lowest BCUT2D eigenvalue weighted by molar-refractivity contribution is -0.118. The molecule has 36 heavy (non-hydrogen) atoms. The fourth-order valence-corrected chi connectivity index (χ4v) is 5.80. The van der Waals surface area contributed by atoms with Gasteiger partial charge in [-0.05, 0) is 60.7 Å². The summed E-state index contributed by atoms with van der Waals surface area (Å²) in [7, 11) is -3.96. The van der Waals surface area contributed by atoms with Crippen molar-refractivity contribution in [3.8, 4) is 0 Å². The van der Waals surface area contributed by atoms with Crippen LogP contribution in [-0.4, -0.2) is 26.7 Å². The summed E-state index contributed by atoms with van der Waals surface area (Å²) in [6, 6.07) is 14.9. The highest BCUT2D eigenvalue weighted by atomic mass is 35.5. The van der Waals surface area contributed by atoms with Crippen molar-refractivity contribution in [1.29, 1.82) is 5.41 Å². The van der Waals surface area contributed by atoms with E-state index in [-0.39, 0.29) is 32.4 Å². The smallest absolute Gasteiger partial charge is 0.261 e. The van der Waals surface area contributed by atoms with Crippen LogP contribution in [0.2, 0.25) is 10.0 Å². The Hall–Kier alpha value is -3.27. The molecule has 6 N–H and O–H groups in total. The van der Waals surface area contributed by atoms with E-state index in [2.05, 4.69) is 4.72 Å². The molecule has 0 saturated carbocycles. The Morgan fingerprint density at radius 3 is 2.36 bits per heavy atom. The molecule has 0 atom stereocenters. The van der Waals surface area contributed by atoms with E-state index in [0.29, 0.717) is 30.6 Å². The molecule has 0 spiro atoms. The van der Waals surface area contributed by atoms with Crippen molar-refractivity contribution < 1.29 is 13.2 Å². The van der Waals surface area contributed by atoms with Crippen LogP contribution in [0.1, 0.15) is 29.5 Å². The van der Waals surface area contributed by atoms with Crippen LogP contribution >= 0.6 is 23.2 Å². The molecule has 0 fully saturated rings. The van der Waals surface area contributed by atoms with E-state index < -0.39 is 10.0 Å². The highest BCUT2D eigenvalue weighted by Gasteiger charge is 2.24. The monoisotopic (exact) mass is 545 g/mol. The second-order valence-corrected chi connectivity index (χ2v) is 11.0. The largest absolute Gasteiger partial charge is 0.396 e. The summed E-state index contributed by atoms with van der Waals surface area (Å²) >= 11 is 12.0. The van der Waals surface area contributed by atoms with Crippen LogP contribution in [0.15, 0.2) is 59.5 Å². The molecule has 1 aliphatic rings. The van der Waals surface area contributed by atoms with Gasteiger partial charge in [0, 0.05) is 29.9 Å². The molecule has 8 nitrogen and oxygen atoms in total. The van der Waals surface area contributed by atoms with Crippen molar-refractivity contribution >= 4 is 62.0 Å². The Labute approximate surface area is 219 Å². The van der Waals surface area contributed by atoms with Gasteiger partial charge in [-0.15, -0.1) is 0 Å². The number of halogens is 2. The Bertz CT molecular complexity index is 1420. The third-order valence-corrected chi connectivity index (χ3v) is 7.99. The molecule has 3 aromatic rings. The van der Waals surface area contributed by atoms with Crippen molar-refractivity contribution in [2.45, 2.75) is 30.6 Å². The zero-order valence-corrected chi connectivity index (χ0v) is 21.6. The Kier molecular flexibility index (Phi) is 7.44.